The van der Waals surface area contributed by atoms with E-state index in [9.17, 15) is 9.59 Å². The van der Waals surface area contributed by atoms with Crippen molar-refractivity contribution >= 4 is 34.0 Å². The number of halogens is 1. The minimum Gasteiger partial charge on any atom is -0.422 e. The Labute approximate surface area is 193 Å². The summed E-state index contributed by atoms with van der Waals surface area (Å²) in [5, 5.41) is 4.04. The fourth-order valence-electron chi connectivity index (χ4n) is 3.03. The number of hydrogen-bond acceptors (Lipinski definition) is 4. The molecule has 1 amide bonds. The van der Waals surface area contributed by atoms with Gasteiger partial charge in [-0.1, -0.05) is 79.1 Å². The van der Waals surface area contributed by atoms with Gasteiger partial charge < -0.3 is 4.74 Å². The zero-order valence-electron chi connectivity index (χ0n) is 18.3. The number of unbranched alkanes of at least 4 members (excludes halogenated alkanes) is 6. The summed E-state index contributed by atoms with van der Waals surface area (Å²) in [6, 6.07) is 12.4. The van der Waals surface area contributed by atoms with Crippen molar-refractivity contribution in [2.45, 2.75) is 65.2 Å². The molecule has 0 saturated heterocycles. The Kier molecular flexibility index (Phi) is 11.0. The molecule has 2 aromatic rings. The number of rotatable bonds is 12. The van der Waals surface area contributed by atoms with Gasteiger partial charge in [-0.05, 0) is 43.7 Å². The Balaban J connectivity index is 1.86. The van der Waals surface area contributed by atoms with E-state index >= 15 is 0 Å². The highest BCUT2D eigenvalue weighted by atomic mass is 79.9. The van der Waals surface area contributed by atoms with Gasteiger partial charge in [0.1, 0.15) is 5.75 Å². The van der Waals surface area contributed by atoms with Crippen LogP contribution in [0.3, 0.4) is 0 Å². The lowest BCUT2D eigenvalue weighted by molar-refractivity contribution is -0.121. The Morgan fingerprint density at radius 3 is 2.39 bits per heavy atom. The molecule has 5 nitrogen and oxygen atoms in total. The van der Waals surface area contributed by atoms with Crippen LogP contribution in [0.15, 0.2) is 52.0 Å². The molecule has 1 N–H and O–H groups in total. The summed E-state index contributed by atoms with van der Waals surface area (Å²) < 4.78 is 6.36. The number of nitrogens with zero attached hydrogens (tertiary/aromatic N) is 1. The Morgan fingerprint density at radius 2 is 1.68 bits per heavy atom. The third kappa shape index (κ3) is 9.47. The van der Waals surface area contributed by atoms with E-state index < -0.39 is 5.97 Å². The van der Waals surface area contributed by atoms with Crippen LogP contribution in [0.4, 0.5) is 0 Å². The van der Waals surface area contributed by atoms with Gasteiger partial charge in [0.15, 0.2) is 0 Å². The molecular formula is C25H31BrN2O3. The van der Waals surface area contributed by atoms with Crippen molar-refractivity contribution in [2.24, 2.45) is 5.10 Å². The first-order chi connectivity index (χ1) is 15.0. The van der Waals surface area contributed by atoms with Crippen molar-refractivity contribution in [3.05, 3.63) is 63.6 Å². The number of amides is 1. The largest absolute Gasteiger partial charge is 0.422 e. The summed E-state index contributed by atoms with van der Waals surface area (Å²) in [6.45, 7) is 4.16. The highest BCUT2D eigenvalue weighted by Crippen LogP contribution is 2.23. The first-order valence-electron chi connectivity index (χ1n) is 10.9. The van der Waals surface area contributed by atoms with Crippen LogP contribution in [-0.2, 0) is 4.79 Å². The molecule has 0 radical (unpaired) electrons. The fourth-order valence-corrected chi connectivity index (χ4v) is 3.41. The predicted molar refractivity (Wildman–Crippen MR) is 129 cm³/mol. The number of hydrazone groups is 1. The van der Waals surface area contributed by atoms with E-state index in [2.05, 4.69) is 33.4 Å². The van der Waals surface area contributed by atoms with E-state index in [1.165, 1.54) is 38.3 Å². The summed E-state index contributed by atoms with van der Waals surface area (Å²) in [7, 11) is 0. The van der Waals surface area contributed by atoms with Gasteiger partial charge in [-0.2, -0.15) is 5.10 Å². The van der Waals surface area contributed by atoms with Crippen molar-refractivity contribution in [1.29, 1.82) is 0 Å². The summed E-state index contributed by atoms with van der Waals surface area (Å²) >= 11 is 3.41. The first-order valence-corrected chi connectivity index (χ1v) is 11.7. The van der Waals surface area contributed by atoms with Crippen molar-refractivity contribution in [2.75, 3.05) is 0 Å². The maximum absolute atomic E-state index is 12.4. The third-order valence-electron chi connectivity index (χ3n) is 4.86. The smallest absolute Gasteiger partial charge is 0.343 e. The SMILES string of the molecule is CCCCCCCCCC(=O)N/N=C\c1cc(Br)ccc1OC(=O)c1ccc(C)cc1. The number of carbonyl (C=O) groups is 2. The summed E-state index contributed by atoms with van der Waals surface area (Å²) in [5.41, 5.74) is 4.69. The summed E-state index contributed by atoms with van der Waals surface area (Å²) in [5.74, 6) is -0.184. The van der Waals surface area contributed by atoms with E-state index in [0.717, 1.165) is 22.9 Å². The zero-order chi connectivity index (χ0) is 22.5. The number of carbonyl (C=O) groups excluding carboxylic acids is 2. The molecule has 0 aliphatic heterocycles. The van der Waals surface area contributed by atoms with E-state index in [1.54, 1.807) is 30.3 Å². The molecule has 2 rings (SSSR count). The van der Waals surface area contributed by atoms with Crippen LogP contribution in [0.1, 0.15) is 79.8 Å². The van der Waals surface area contributed by atoms with Gasteiger partial charge in [0.25, 0.3) is 0 Å². The van der Waals surface area contributed by atoms with Crippen LogP contribution in [0.25, 0.3) is 0 Å². The second-order valence-electron chi connectivity index (χ2n) is 7.60. The molecule has 0 aromatic heterocycles. The molecule has 0 aliphatic carbocycles. The van der Waals surface area contributed by atoms with Crippen LogP contribution in [0.2, 0.25) is 0 Å². The van der Waals surface area contributed by atoms with Gasteiger partial charge in [0, 0.05) is 16.5 Å². The average Bonchev–Trinajstić information content (AvgIpc) is 2.75. The molecule has 2 aromatic carbocycles. The van der Waals surface area contributed by atoms with E-state index in [1.807, 2.05) is 19.1 Å². The minimum absolute atomic E-state index is 0.113. The van der Waals surface area contributed by atoms with Crippen LogP contribution in [0.5, 0.6) is 5.75 Å². The molecule has 0 spiro atoms. The highest BCUT2D eigenvalue weighted by molar-refractivity contribution is 9.10. The lowest BCUT2D eigenvalue weighted by Crippen LogP contribution is -2.17. The van der Waals surface area contributed by atoms with Crippen LogP contribution >= 0.6 is 15.9 Å². The zero-order valence-corrected chi connectivity index (χ0v) is 19.9. The molecule has 0 heterocycles. The van der Waals surface area contributed by atoms with E-state index in [4.69, 9.17) is 4.74 Å². The Morgan fingerprint density at radius 1 is 1.00 bits per heavy atom. The van der Waals surface area contributed by atoms with Crippen LogP contribution < -0.4 is 10.2 Å². The first kappa shape index (κ1) is 24.8. The molecule has 0 fully saturated rings. The topological polar surface area (TPSA) is 67.8 Å². The van der Waals surface area contributed by atoms with Gasteiger partial charge in [0.2, 0.25) is 5.91 Å². The van der Waals surface area contributed by atoms with Crippen LogP contribution in [0, 0.1) is 6.92 Å². The molecule has 6 heteroatoms. The van der Waals surface area contributed by atoms with Gasteiger partial charge in [0.05, 0.1) is 11.8 Å². The van der Waals surface area contributed by atoms with Crippen LogP contribution in [-0.4, -0.2) is 18.1 Å². The molecule has 0 saturated carbocycles. The van der Waals surface area contributed by atoms with Gasteiger partial charge >= 0.3 is 5.97 Å². The second kappa shape index (κ2) is 13.8. The number of ether oxygens (including phenoxy) is 1. The molecule has 0 unspecified atom stereocenters. The quantitative estimate of drug-likeness (QED) is 0.121. The molecule has 0 aliphatic rings. The summed E-state index contributed by atoms with van der Waals surface area (Å²) in [6.07, 6.45) is 10.1. The van der Waals surface area contributed by atoms with Gasteiger partial charge in [-0.15, -0.1) is 0 Å². The molecule has 31 heavy (non-hydrogen) atoms. The Bertz CT molecular complexity index is 879. The lowest BCUT2D eigenvalue weighted by Gasteiger charge is -2.08. The maximum Gasteiger partial charge on any atom is 0.343 e. The highest BCUT2D eigenvalue weighted by Gasteiger charge is 2.11. The molecule has 166 valence electrons. The van der Waals surface area contributed by atoms with Gasteiger partial charge in [-0.25, -0.2) is 10.2 Å². The standard InChI is InChI=1S/C25H31BrN2O3/c1-3-4-5-6-7-8-9-10-24(29)28-27-18-21-17-22(26)15-16-23(21)31-25(30)20-13-11-19(2)12-14-20/h11-18H,3-10H2,1-2H3,(H,28,29)/b27-18-. The number of nitrogens with one attached hydrogen (secondary N) is 1. The van der Waals surface area contributed by atoms with E-state index in [-0.39, 0.29) is 5.91 Å². The van der Waals surface area contributed by atoms with E-state index in [0.29, 0.717) is 23.3 Å². The van der Waals surface area contributed by atoms with Gasteiger partial charge in [-0.3, -0.25) is 4.79 Å². The van der Waals surface area contributed by atoms with Crippen molar-refractivity contribution in [1.82, 2.24) is 5.43 Å². The molecular weight excluding hydrogens is 456 g/mol. The van der Waals surface area contributed by atoms with Crippen molar-refractivity contribution in [3.63, 3.8) is 0 Å². The predicted octanol–water partition coefficient (Wildman–Crippen LogP) is 6.57. The van der Waals surface area contributed by atoms with Crippen molar-refractivity contribution < 1.29 is 14.3 Å². The number of esters is 1. The summed E-state index contributed by atoms with van der Waals surface area (Å²) in [4.78, 5) is 24.4. The number of hydrogen-bond donors (Lipinski definition) is 1. The third-order valence-corrected chi connectivity index (χ3v) is 5.36. The minimum atomic E-state index is -0.444. The lowest BCUT2D eigenvalue weighted by atomic mass is 10.1. The fraction of sp³-hybridized carbons (Fsp3) is 0.400. The normalized spacial score (nSPS) is 10.9. The molecule has 0 bridgehead atoms. The molecule has 0 atom stereocenters. The number of benzene rings is 2. The Hall–Kier alpha value is -2.47. The second-order valence-corrected chi connectivity index (χ2v) is 8.52. The van der Waals surface area contributed by atoms with Crippen molar-refractivity contribution in [3.8, 4) is 5.75 Å². The maximum atomic E-state index is 12.4. The average molecular weight is 487 g/mol. The monoisotopic (exact) mass is 486 g/mol. The number of aryl methyl sites for hydroxylation is 1.